The lowest BCUT2D eigenvalue weighted by Crippen LogP contribution is -2.79. The first kappa shape index (κ1) is 25.9. The van der Waals surface area contributed by atoms with Crippen LogP contribution in [-0.2, 0) is 19.0 Å². The number of carbonyl (C=O) groups is 1. The second-order valence-electron chi connectivity index (χ2n) is 13.3. The van der Waals surface area contributed by atoms with E-state index in [0.717, 1.165) is 51.5 Å². The first-order valence-electron chi connectivity index (χ1n) is 14.1. The molecule has 1 spiro atoms. The molecule has 2 N–H and O–H groups in total. The Hall–Kier alpha value is -0.730. The van der Waals surface area contributed by atoms with Crippen molar-refractivity contribution < 1.29 is 24.1 Å². The van der Waals surface area contributed by atoms with Gasteiger partial charge < -0.3 is 24.2 Å². The van der Waals surface area contributed by atoms with Gasteiger partial charge >= 0.3 is 5.97 Å². The molecule has 7 nitrogen and oxygen atoms in total. The van der Waals surface area contributed by atoms with Gasteiger partial charge in [-0.15, -0.1) is 0 Å². The van der Waals surface area contributed by atoms with Gasteiger partial charge in [-0.05, 0) is 84.7 Å². The summed E-state index contributed by atoms with van der Waals surface area (Å²) in [5, 5.41) is 14.9. The summed E-state index contributed by atoms with van der Waals surface area (Å²) in [5.41, 5.74) is -0.938. The Labute approximate surface area is 211 Å². The first-order chi connectivity index (χ1) is 16.5. The molecule has 7 heteroatoms. The highest BCUT2D eigenvalue weighted by Gasteiger charge is 2.78. The predicted molar refractivity (Wildman–Crippen MR) is 134 cm³/mol. The maximum Gasteiger partial charge on any atom is 0.323 e. The third-order valence-corrected chi connectivity index (χ3v) is 10.6. The fourth-order valence-corrected chi connectivity index (χ4v) is 9.02. The lowest BCUT2D eigenvalue weighted by molar-refractivity contribution is -0.269. The third kappa shape index (κ3) is 3.74. The van der Waals surface area contributed by atoms with Gasteiger partial charge in [0.15, 0.2) is 0 Å². The SMILES string of the molecule is CC[C@H](C)[C@H](NC1CC[C@@]2(OC)C3CC4CCC(O)C5O[C@@H]1[C@]2(CCN3C)C45)C(=O)OC(C)(C)C. The van der Waals surface area contributed by atoms with Crippen LogP contribution in [0.1, 0.15) is 79.6 Å². The zero-order chi connectivity index (χ0) is 25.3. The van der Waals surface area contributed by atoms with E-state index in [1.807, 2.05) is 27.9 Å². The fourth-order valence-electron chi connectivity index (χ4n) is 9.02. The number of hydrogen-bond donors (Lipinski definition) is 2. The van der Waals surface area contributed by atoms with E-state index in [1.165, 1.54) is 0 Å². The van der Waals surface area contributed by atoms with Crippen LogP contribution in [0.3, 0.4) is 0 Å². The van der Waals surface area contributed by atoms with E-state index in [1.54, 1.807) is 0 Å². The summed E-state index contributed by atoms with van der Waals surface area (Å²) >= 11 is 0. The van der Waals surface area contributed by atoms with E-state index in [2.05, 4.69) is 31.1 Å². The molecular formula is C28H48N2O5. The molecule has 6 unspecified atom stereocenters. The minimum atomic E-state index is -0.526. The van der Waals surface area contributed by atoms with Gasteiger partial charge in [0.1, 0.15) is 11.6 Å². The Balaban J connectivity index is 1.52. The Morgan fingerprint density at radius 3 is 2.66 bits per heavy atom. The Kier molecular flexibility index (Phi) is 6.61. The van der Waals surface area contributed by atoms with Crippen molar-refractivity contribution in [1.29, 1.82) is 0 Å². The molecule has 0 aromatic carbocycles. The molecule has 3 saturated carbocycles. The second-order valence-corrected chi connectivity index (χ2v) is 13.3. The predicted octanol–water partition coefficient (Wildman–Crippen LogP) is 3.13. The number of likely N-dealkylation sites (tertiary alicyclic amines) is 1. The molecule has 2 heterocycles. The summed E-state index contributed by atoms with van der Waals surface area (Å²) in [6.07, 6.45) is 6.12. The number of methoxy groups -OCH3 is 1. The molecule has 5 aliphatic rings. The number of piperidine rings is 1. The lowest BCUT2D eigenvalue weighted by Gasteiger charge is -2.69. The normalized spacial score (nSPS) is 46.6. The van der Waals surface area contributed by atoms with Gasteiger partial charge in [0.25, 0.3) is 0 Å². The fraction of sp³-hybridized carbons (Fsp3) is 0.964. The summed E-state index contributed by atoms with van der Waals surface area (Å²) in [7, 11) is 4.15. The minimum absolute atomic E-state index is 0.0328. The average Bonchev–Trinajstić information content (AvgIpc) is 3.16. The van der Waals surface area contributed by atoms with Gasteiger partial charge in [-0.25, -0.2) is 0 Å². The number of aliphatic hydroxyl groups excluding tert-OH is 1. The zero-order valence-electron chi connectivity index (χ0n) is 22.9. The molecule has 200 valence electrons. The highest BCUT2D eigenvalue weighted by Crippen LogP contribution is 2.70. The molecule has 35 heavy (non-hydrogen) atoms. The topological polar surface area (TPSA) is 80.3 Å². The van der Waals surface area contributed by atoms with E-state index >= 15 is 0 Å². The summed E-state index contributed by atoms with van der Waals surface area (Å²) in [4.78, 5) is 15.9. The van der Waals surface area contributed by atoms with Crippen LogP contribution in [0.25, 0.3) is 0 Å². The van der Waals surface area contributed by atoms with E-state index in [0.29, 0.717) is 17.9 Å². The summed E-state index contributed by atoms with van der Waals surface area (Å²) in [6, 6.07) is 0.0263. The van der Waals surface area contributed by atoms with E-state index < -0.39 is 11.7 Å². The highest BCUT2D eigenvalue weighted by atomic mass is 16.6. The zero-order valence-corrected chi connectivity index (χ0v) is 22.9. The Bertz CT molecular complexity index is 816. The maximum absolute atomic E-state index is 13.3. The number of nitrogens with zero attached hydrogens (tertiary/aromatic N) is 1. The molecule has 0 radical (unpaired) electrons. The number of rotatable bonds is 6. The Morgan fingerprint density at radius 2 is 2.00 bits per heavy atom. The summed E-state index contributed by atoms with van der Waals surface area (Å²) in [5.74, 6) is 0.843. The Morgan fingerprint density at radius 1 is 1.26 bits per heavy atom. The molecule has 11 atom stereocenters. The van der Waals surface area contributed by atoms with E-state index in [9.17, 15) is 9.90 Å². The molecule has 2 aliphatic heterocycles. The van der Waals surface area contributed by atoms with Crippen molar-refractivity contribution in [3.05, 3.63) is 0 Å². The van der Waals surface area contributed by atoms with Crippen molar-refractivity contribution in [3.8, 4) is 0 Å². The number of aliphatic hydroxyl groups is 1. The molecular weight excluding hydrogens is 444 g/mol. The standard InChI is InChI=1S/C28H48N2O5/c1-8-16(2)22(25(32)35-26(3,4)5)29-18-11-12-28(33-7)20-15-17-9-10-19(31)23-21(17)27(28,24(18)34-23)13-14-30(20)6/h16-24,29,31H,8-15H2,1-7H3/t16-,17?,18?,19?,20?,21?,22-,23?,24-,27-,28+/m0/s1. The average molecular weight is 493 g/mol. The van der Waals surface area contributed by atoms with Gasteiger partial charge in [0, 0.05) is 30.5 Å². The van der Waals surface area contributed by atoms with Crippen molar-refractivity contribution in [2.24, 2.45) is 23.2 Å². The summed E-state index contributed by atoms with van der Waals surface area (Å²) < 4.78 is 19.4. The van der Waals surface area contributed by atoms with Crippen LogP contribution < -0.4 is 5.32 Å². The molecule has 0 amide bonds. The van der Waals surface area contributed by atoms with Crippen LogP contribution in [0.2, 0.25) is 0 Å². The quantitative estimate of drug-likeness (QED) is 0.552. The van der Waals surface area contributed by atoms with Crippen LogP contribution >= 0.6 is 0 Å². The van der Waals surface area contributed by atoms with Crippen LogP contribution in [0.15, 0.2) is 0 Å². The highest BCUT2D eigenvalue weighted by molar-refractivity contribution is 5.76. The number of esters is 1. The van der Waals surface area contributed by atoms with Gasteiger partial charge in [0.05, 0.1) is 23.9 Å². The van der Waals surface area contributed by atoms with Crippen LogP contribution in [-0.4, -0.2) is 84.3 Å². The minimum Gasteiger partial charge on any atom is -0.459 e. The summed E-state index contributed by atoms with van der Waals surface area (Å²) in [6.45, 7) is 11.1. The van der Waals surface area contributed by atoms with E-state index in [-0.39, 0.29) is 47.2 Å². The van der Waals surface area contributed by atoms with Crippen molar-refractivity contribution in [2.45, 2.75) is 127 Å². The van der Waals surface area contributed by atoms with Crippen molar-refractivity contribution in [1.82, 2.24) is 10.2 Å². The molecule has 5 rings (SSSR count). The molecule has 2 saturated heterocycles. The van der Waals surface area contributed by atoms with Crippen molar-refractivity contribution >= 4 is 5.97 Å². The number of hydrogen-bond acceptors (Lipinski definition) is 7. The van der Waals surface area contributed by atoms with Gasteiger partial charge in [-0.2, -0.15) is 0 Å². The molecule has 5 fully saturated rings. The lowest BCUT2D eigenvalue weighted by atomic mass is 9.42. The van der Waals surface area contributed by atoms with E-state index in [4.69, 9.17) is 14.2 Å². The monoisotopic (exact) mass is 492 g/mol. The van der Waals surface area contributed by atoms with Gasteiger partial charge in [0.2, 0.25) is 0 Å². The van der Waals surface area contributed by atoms with Crippen LogP contribution in [0, 0.1) is 23.2 Å². The molecule has 2 bridgehead atoms. The molecule has 3 aliphatic carbocycles. The third-order valence-electron chi connectivity index (χ3n) is 10.6. The smallest absolute Gasteiger partial charge is 0.323 e. The van der Waals surface area contributed by atoms with Crippen molar-refractivity contribution in [3.63, 3.8) is 0 Å². The number of ether oxygens (including phenoxy) is 3. The van der Waals surface area contributed by atoms with Crippen LogP contribution in [0.4, 0.5) is 0 Å². The number of carbonyl (C=O) groups excluding carboxylic acids is 1. The largest absolute Gasteiger partial charge is 0.459 e. The van der Waals surface area contributed by atoms with Crippen molar-refractivity contribution in [2.75, 3.05) is 20.7 Å². The molecule has 0 aromatic rings. The van der Waals surface area contributed by atoms with Gasteiger partial charge in [-0.1, -0.05) is 20.3 Å². The molecule has 0 aromatic heterocycles. The van der Waals surface area contributed by atoms with Crippen LogP contribution in [0.5, 0.6) is 0 Å². The first-order valence-corrected chi connectivity index (χ1v) is 14.1. The second kappa shape index (κ2) is 8.93. The van der Waals surface area contributed by atoms with Gasteiger partial charge in [-0.3, -0.25) is 10.1 Å². The maximum atomic E-state index is 13.3. The number of likely N-dealkylation sites (N-methyl/N-ethyl adjacent to an activating group) is 1. The number of nitrogens with one attached hydrogen (secondary N) is 1.